The molecule has 9 nitrogen and oxygen atoms in total. The normalized spacial score (nSPS) is 14.9. The summed E-state index contributed by atoms with van der Waals surface area (Å²) in [5.74, 6) is 1.83. The summed E-state index contributed by atoms with van der Waals surface area (Å²) < 4.78 is 7.08. The zero-order chi connectivity index (χ0) is 17.4. The third-order valence-corrected chi connectivity index (χ3v) is 3.96. The summed E-state index contributed by atoms with van der Waals surface area (Å²) >= 11 is 0. The lowest BCUT2D eigenvalue weighted by molar-refractivity contribution is 0.0914. The minimum absolute atomic E-state index is 0. The molecule has 0 saturated carbocycles. The molecule has 1 N–H and O–H groups in total. The number of aryl methyl sites for hydroxylation is 1. The van der Waals surface area contributed by atoms with Crippen molar-refractivity contribution in [3.05, 3.63) is 12.2 Å². The number of aromatic nitrogens is 3. The van der Waals surface area contributed by atoms with Crippen molar-refractivity contribution in [2.24, 2.45) is 4.99 Å². The quantitative estimate of drug-likeness (QED) is 0.394. The topological polar surface area (TPSA) is 87.9 Å². The van der Waals surface area contributed by atoms with E-state index in [2.05, 4.69) is 32.3 Å². The van der Waals surface area contributed by atoms with Gasteiger partial charge in [-0.25, -0.2) is 4.79 Å². The summed E-state index contributed by atoms with van der Waals surface area (Å²) in [7, 11) is 1.77. The number of guanidine groups is 1. The summed E-state index contributed by atoms with van der Waals surface area (Å²) in [6.07, 6.45) is 2.38. The molecule has 0 spiro atoms. The molecule has 1 aromatic rings. The molecule has 0 aromatic carbocycles. The van der Waals surface area contributed by atoms with Gasteiger partial charge in [0, 0.05) is 52.7 Å². The molecule has 1 aliphatic heterocycles. The van der Waals surface area contributed by atoms with Crippen LogP contribution in [0, 0.1) is 0 Å². The second-order valence-electron chi connectivity index (χ2n) is 5.44. The molecule has 0 unspecified atom stereocenters. The van der Waals surface area contributed by atoms with Crippen LogP contribution in [0.4, 0.5) is 4.79 Å². The molecule has 0 atom stereocenters. The van der Waals surface area contributed by atoms with Crippen LogP contribution in [0.15, 0.2) is 11.3 Å². The Morgan fingerprint density at radius 1 is 1.28 bits per heavy atom. The van der Waals surface area contributed by atoms with Gasteiger partial charge in [0.1, 0.15) is 12.2 Å². The zero-order valence-electron chi connectivity index (χ0n) is 15.1. The Kier molecular flexibility index (Phi) is 9.53. The van der Waals surface area contributed by atoms with Gasteiger partial charge in [0.2, 0.25) is 0 Å². The Hall–Kier alpha value is -1.59. The molecule has 1 aliphatic rings. The number of nitrogens with zero attached hydrogens (tertiary/aromatic N) is 6. The second-order valence-corrected chi connectivity index (χ2v) is 5.44. The molecule has 10 heteroatoms. The van der Waals surface area contributed by atoms with Crippen LogP contribution in [-0.2, 0) is 17.7 Å². The molecule has 0 radical (unpaired) electrons. The number of rotatable bonds is 5. The minimum Gasteiger partial charge on any atom is -0.450 e. The minimum atomic E-state index is -0.236. The molecule has 1 aromatic heterocycles. The average Bonchev–Trinajstić information content (AvgIpc) is 3.06. The van der Waals surface area contributed by atoms with E-state index >= 15 is 0 Å². The van der Waals surface area contributed by atoms with E-state index in [4.69, 9.17) is 4.74 Å². The molecular weight excluding hydrogens is 437 g/mol. The van der Waals surface area contributed by atoms with Crippen molar-refractivity contribution >= 4 is 36.0 Å². The highest BCUT2D eigenvalue weighted by Gasteiger charge is 2.23. The van der Waals surface area contributed by atoms with Crippen LogP contribution in [0.3, 0.4) is 0 Å². The van der Waals surface area contributed by atoms with Crippen LogP contribution in [0.25, 0.3) is 0 Å². The summed E-state index contributed by atoms with van der Waals surface area (Å²) in [6.45, 7) is 8.60. The Balaban J connectivity index is 0.00000312. The average molecular weight is 465 g/mol. The van der Waals surface area contributed by atoms with Gasteiger partial charge in [-0.05, 0) is 6.92 Å². The van der Waals surface area contributed by atoms with Gasteiger partial charge in [0.15, 0.2) is 5.96 Å². The molecule has 1 saturated heterocycles. The molecule has 0 bridgehead atoms. The smallest absolute Gasteiger partial charge is 0.409 e. The zero-order valence-corrected chi connectivity index (χ0v) is 17.5. The van der Waals surface area contributed by atoms with E-state index < -0.39 is 0 Å². The van der Waals surface area contributed by atoms with Crippen molar-refractivity contribution in [1.29, 1.82) is 0 Å². The fourth-order valence-corrected chi connectivity index (χ4v) is 2.68. The highest BCUT2D eigenvalue weighted by atomic mass is 127. The summed E-state index contributed by atoms with van der Waals surface area (Å²) in [5.41, 5.74) is 0. The Morgan fingerprint density at radius 2 is 1.96 bits per heavy atom. The lowest BCUT2D eigenvalue weighted by Crippen LogP contribution is -2.54. The summed E-state index contributed by atoms with van der Waals surface area (Å²) in [4.78, 5) is 20.0. The first-order valence-electron chi connectivity index (χ1n) is 8.43. The molecule has 2 rings (SSSR count). The molecule has 1 amide bonds. The fraction of sp³-hybridized carbons (Fsp3) is 0.733. The first-order valence-corrected chi connectivity index (χ1v) is 8.43. The molecule has 0 aliphatic carbocycles. The number of amides is 1. The highest BCUT2D eigenvalue weighted by molar-refractivity contribution is 14.0. The van der Waals surface area contributed by atoms with Crippen molar-refractivity contribution < 1.29 is 9.53 Å². The molecular formula is C15H28IN7O2. The SMILES string of the molecule is CCOC(=O)N1CCN(C(=NC)NCCn2cnnc2CC)CC1.I. The van der Waals surface area contributed by atoms with E-state index in [1.807, 2.05) is 11.5 Å². The molecule has 25 heavy (non-hydrogen) atoms. The Morgan fingerprint density at radius 3 is 2.56 bits per heavy atom. The first-order chi connectivity index (χ1) is 11.7. The molecule has 2 heterocycles. The van der Waals surface area contributed by atoms with Crippen LogP contribution in [0.1, 0.15) is 19.7 Å². The number of piperazine rings is 1. The lowest BCUT2D eigenvalue weighted by atomic mass is 10.3. The van der Waals surface area contributed by atoms with Gasteiger partial charge in [0.25, 0.3) is 0 Å². The predicted molar refractivity (Wildman–Crippen MR) is 106 cm³/mol. The van der Waals surface area contributed by atoms with Gasteiger partial charge in [0.05, 0.1) is 6.61 Å². The van der Waals surface area contributed by atoms with Crippen molar-refractivity contribution in [3.63, 3.8) is 0 Å². The van der Waals surface area contributed by atoms with Gasteiger partial charge >= 0.3 is 6.09 Å². The van der Waals surface area contributed by atoms with Gasteiger partial charge < -0.3 is 24.4 Å². The summed E-state index contributed by atoms with van der Waals surface area (Å²) in [5, 5.41) is 11.4. The van der Waals surface area contributed by atoms with E-state index in [1.54, 1.807) is 18.3 Å². The number of carbonyl (C=O) groups is 1. The third-order valence-electron chi connectivity index (χ3n) is 3.96. The van der Waals surface area contributed by atoms with Crippen molar-refractivity contribution in [1.82, 2.24) is 29.9 Å². The number of hydrogen-bond acceptors (Lipinski definition) is 5. The third kappa shape index (κ3) is 6.01. The van der Waals surface area contributed by atoms with Gasteiger partial charge in [-0.3, -0.25) is 4.99 Å². The van der Waals surface area contributed by atoms with Crippen LogP contribution in [0.5, 0.6) is 0 Å². The summed E-state index contributed by atoms with van der Waals surface area (Å²) in [6, 6.07) is 0. The van der Waals surface area contributed by atoms with Gasteiger partial charge in [-0.15, -0.1) is 34.2 Å². The van der Waals surface area contributed by atoms with E-state index in [9.17, 15) is 4.79 Å². The number of ether oxygens (including phenoxy) is 1. The number of hydrogen-bond donors (Lipinski definition) is 1. The number of carbonyl (C=O) groups excluding carboxylic acids is 1. The van der Waals surface area contributed by atoms with Crippen molar-refractivity contribution in [3.8, 4) is 0 Å². The maximum Gasteiger partial charge on any atom is 0.409 e. The standard InChI is InChI=1S/C15H27N7O2.HI/c1-4-13-19-18-12-22(13)7-6-17-14(16-3)20-8-10-21(11-9-20)15(23)24-5-2;/h12H,4-11H2,1-3H3,(H,16,17);1H. The Bertz CT molecular complexity index is 556. The monoisotopic (exact) mass is 465 g/mol. The van der Waals surface area contributed by atoms with Gasteiger partial charge in [-0.1, -0.05) is 6.92 Å². The van der Waals surface area contributed by atoms with Crippen LogP contribution in [0.2, 0.25) is 0 Å². The predicted octanol–water partition coefficient (Wildman–Crippen LogP) is 0.808. The van der Waals surface area contributed by atoms with E-state index in [1.165, 1.54) is 0 Å². The fourth-order valence-electron chi connectivity index (χ4n) is 2.68. The van der Waals surface area contributed by atoms with Crippen molar-refractivity contribution in [2.75, 3.05) is 46.4 Å². The molecule has 1 fully saturated rings. The van der Waals surface area contributed by atoms with Gasteiger partial charge in [-0.2, -0.15) is 0 Å². The maximum absolute atomic E-state index is 11.7. The lowest BCUT2D eigenvalue weighted by Gasteiger charge is -2.35. The van der Waals surface area contributed by atoms with Crippen LogP contribution >= 0.6 is 24.0 Å². The van der Waals surface area contributed by atoms with E-state index in [-0.39, 0.29) is 30.1 Å². The first kappa shape index (κ1) is 21.5. The van der Waals surface area contributed by atoms with Crippen LogP contribution in [-0.4, -0.2) is 83.0 Å². The Labute approximate surface area is 165 Å². The van der Waals surface area contributed by atoms with Crippen molar-refractivity contribution in [2.45, 2.75) is 26.8 Å². The number of aliphatic imine (C=N–C) groups is 1. The molecule has 142 valence electrons. The van der Waals surface area contributed by atoms with E-state index in [0.717, 1.165) is 44.4 Å². The largest absolute Gasteiger partial charge is 0.450 e. The van der Waals surface area contributed by atoms with Crippen LogP contribution < -0.4 is 5.32 Å². The maximum atomic E-state index is 11.7. The van der Waals surface area contributed by atoms with E-state index in [0.29, 0.717) is 19.7 Å². The number of halogens is 1. The second kappa shape index (κ2) is 11.1. The number of nitrogens with one attached hydrogen (secondary N) is 1. The highest BCUT2D eigenvalue weighted by Crippen LogP contribution is 2.04.